The number of benzene rings is 1. The summed E-state index contributed by atoms with van der Waals surface area (Å²) in [7, 11) is 2.18. The summed E-state index contributed by atoms with van der Waals surface area (Å²) in [6, 6.07) is 9.98. The van der Waals surface area contributed by atoms with Gasteiger partial charge in [0.15, 0.2) is 0 Å². The van der Waals surface area contributed by atoms with Crippen LogP contribution in [0.5, 0.6) is 0 Å². The number of nitrogens with zero attached hydrogens (tertiary/aromatic N) is 4. The zero-order valence-corrected chi connectivity index (χ0v) is 13.4. The van der Waals surface area contributed by atoms with Crippen LogP contribution in [-0.4, -0.2) is 41.4 Å². The SMILES string of the molecule is CN1CCC(c2nn(-c3ccccc3C#N)c3c2CCN3)CC1. The number of hydrogen-bond donors (Lipinski definition) is 1. The van der Waals surface area contributed by atoms with Crippen molar-refractivity contribution in [2.24, 2.45) is 0 Å². The maximum absolute atomic E-state index is 9.40. The van der Waals surface area contributed by atoms with Crippen LogP contribution in [0.1, 0.15) is 35.6 Å². The number of aromatic nitrogens is 2. The van der Waals surface area contributed by atoms with Crippen LogP contribution in [-0.2, 0) is 6.42 Å². The minimum atomic E-state index is 0.537. The molecule has 0 aliphatic carbocycles. The third-order valence-electron chi connectivity index (χ3n) is 5.04. The van der Waals surface area contributed by atoms with Gasteiger partial charge in [0, 0.05) is 18.0 Å². The summed E-state index contributed by atoms with van der Waals surface area (Å²) in [6.07, 6.45) is 3.37. The van der Waals surface area contributed by atoms with Crippen LogP contribution in [0.25, 0.3) is 5.69 Å². The van der Waals surface area contributed by atoms with Gasteiger partial charge < -0.3 is 10.2 Å². The fraction of sp³-hybridized carbons (Fsp3) is 0.444. The Kier molecular flexibility index (Phi) is 3.55. The van der Waals surface area contributed by atoms with Crippen molar-refractivity contribution in [3.05, 3.63) is 41.1 Å². The van der Waals surface area contributed by atoms with Crippen LogP contribution in [0.2, 0.25) is 0 Å². The van der Waals surface area contributed by atoms with Gasteiger partial charge >= 0.3 is 0 Å². The minimum absolute atomic E-state index is 0.537. The molecule has 1 aromatic heterocycles. The van der Waals surface area contributed by atoms with Gasteiger partial charge in [-0.05, 0) is 51.5 Å². The molecule has 1 aromatic carbocycles. The van der Waals surface area contributed by atoms with E-state index in [0.29, 0.717) is 11.5 Å². The highest BCUT2D eigenvalue weighted by molar-refractivity contribution is 5.60. The van der Waals surface area contributed by atoms with Gasteiger partial charge in [0.2, 0.25) is 0 Å². The molecule has 0 amide bonds. The van der Waals surface area contributed by atoms with Crippen LogP contribution in [0.3, 0.4) is 0 Å². The smallest absolute Gasteiger partial charge is 0.133 e. The van der Waals surface area contributed by atoms with Crippen molar-refractivity contribution in [3.8, 4) is 11.8 Å². The van der Waals surface area contributed by atoms with E-state index in [2.05, 4.69) is 23.3 Å². The van der Waals surface area contributed by atoms with Gasteiger partial charge in [-0.1, -0.05) is 12.1 Å². The third-order valence-corrected chi connectivity index (χ3v) is 5.04. The molecule has 5 nitrogen and oxygen atoms in total. The zero-order valence-electron chi connectivity index (χ0n) is 13.4. The number of nitriles is 1. The van der Waals surface area contributed by atoms with Crippen molar-refractivity contribution in [1.82, 2.24) is 14.7 Å². The van der Waals surface area contributed by atoms with Gasteiger partial charge in [-0.15, -0.1) is 0 Å². The second kappa shape index (κ2) is 5.71. The molecule has 1 saturated heterocycles. The first-order valence-electron chi connectivity index (χ1n) is 8.31. The molecule has 5 heteroatoms. The Labute approximate surface area is 136 Å². The Morgan fingerprint density at radius 1 is 1.26 bits per heavy atom. The zero-order chi connectivity index (χ0) is 15.8. The quantitative estimate of drug-likeness (QED) is 0.926. The lowest BCUT2D eigenvalue weighted by Gasteiger charge is -2.28. The fourth-order valence-electron chi connectivity index (χ4n) is 3.74. The van der Waals surface area contributed by atoms with Crippen molar-refractivity contribution >= 4 is 5.82 Å². The number of rotatable bonds is 2. The number of anilines is 1. The average Bonchev–Trinajstić information content (AvgIpc) is 3.18. The number of likely N-dealkylation sites (tertiary alicyclic amines) is 1. The maximum Gasteiger partial charge on any atom is 0.133 e. The first kappa shape index (κ1) is 14.3. The van der Waals surface area contributed by atoms with Gasteiger partial charge in [0.25, 0.3) is 0 Å². The molecule has 2 aliphatic heterocycles. The van der Waals surface area contributed by atoms with Crippen molar-refractivity contribution in [1.29, 1.82) is 5.26 Å². The highest BCUT2D eigenvalue weighted by Gasteiger charge is 2.30. The predicted molar refractivity (Wildman–Crippen MR) is 89.9 cm³/mol. The highest BCUT2D eigenvalue weighted by atomic mass is 15.3. The summed E-state index contributed by atoms with van der Waals surface area (Å²) in [4.78, 5) is 2.39. The van der Waals surface area contributed by atoms with E-state index in [0.717, 1.165) is 37.6 Å². The lowest BCUT2D eigenvalue weighted by Crippen LogP contribution is -2.29. The molecule has 1 N–H and O–H groups in total. The Morgan fingerprint density at radius 3 is 2.83 bits per heavy atom. The normalized spacial score (nSPS) is 18.4. The topological polar surface area (TPSA) is 56.9 Å². The first-order valence-corrected chi connectivity index (χ1v) is 8.31. The van der Waals surface area contributed by atoms with E-state index in [1.54, 1.807) is 0 Å². The molecule has 2 aromatic rings. The summed E-state index contributed by atoms with van der Waals surface area (Å²) in [5.41, 5.74) is 4.14. The molecule has 23 heavy (non-hydrogen) atoms. The Bertz CT molecular complexity index is 762. The van der Waals surface area contributed by atoms with Gasteiger partial charge in [-0.2, -0.15) is 10.4 Å². The molecular formula is C18H21N5. The standard InChI is InChI=1S/C18H21N5/c1-22-10-7-13(8-11-22)17-15-6-9-20-18(15)23(21-17)16-5-3-2-4-14(16)12-19/h2-5,13,20H,6-11H2,1H3. The first-order chi connectivity index (χ1) is 11.3. The third kappa shape index (κ3) is 2.40. The van der Waals surface area contributed by atoms with E-state index >= 15 is 0 Å². The highest BCUT2D eigenvalue weighted by Crippen LogP contribution is 2.37. The van der Waals surface area contributed by atoms with Crippen LogP contribution < -0.4 is 5.32 Å². The minimum Gasteiger partial charge on any atom is -0.369 e. The largest absolute Gasteiger partial charge is 0.369 e. The molecule has 0 unspecified atom stereocenters. The van der Waals surface area contributed by atoms with E-state index in [9.17, 15) is 5.26 Å². The fourth-order valence-corrected chi connectivity index (χ4v) is 3.74. The molecule has 4 rings (SSSR count). The van der Waals surface area contributed by atoms with E-state index in [-0.39, 0.29) is 0 Å². The van der Waals surface area contributed by atoms with Crippen molar-refractivity contribution in [3.63, 3.8) is 0 Å². The molecular weight excluding hydrogens is 286 g/mol. The lowest BCUT2D eigenvalue weighted by molar-refractivity contribution is 0.252. The van der Waals surface area contributed by atoms with Crippen LogP contribution in [0.15, 0.2) is 24.3 Å². The van der Waals surface area contributed by atoms with E-state index < -0.39 is 0 Å². The summed E-state index contributed by atoms with van der Waals surface area (Å²) < 4.78 is 1.95. The van der Waals surface area contributed by atoms with Crippen molar-refractivity contribution < 1.29 is 0 Å². The molecule has 3 heterocycles. The summed E-state index contributed by atoms with van der Waals surface area (Å²) in [5, 5.41) is 17.8. The summed E-state index contributed by atoms with van der Waals surface area (Å²) in [6.45, 7) is 3.23. The summed E-state index contributed by atoms with van der Waals surface area (Å²) >= 11 is 0. The Hall–Kier alpha value is -2.32. The molecule has 0 saturated carbocycles. The molecule has 2 aliphatic rings. The van der Waals surface area contributed by atoms with Gasteiger partial charge in [0.05, 0.1) is 16.9 Å². The molecule has 0 atom stereocenters. The lowest BCUT2D eigenvalue weighted by atomic mass is 9.91. The monoisotopic (exact) mass is 307 g/mol. The number of piperidine rings is 1. The van der Waals surface area contributed by atoms with E-state index in [4.69, 9.17) is 5.10 Å². The van der Waals surface area contributed by atoms with Crippen LogP contribution in [0.4, 0.5) is 5.82 Å². The number of para-hydroxylation sites is 1. The maximum atomic E-state index is 9.40. The van der Waals surface area contributed by atoms with E-state index in [1.165, 1.54) is 24.1 Å². The molecule has 0 bridgehead atoms. The van der Waals surface area contributed by atoms with Crippen molar-refractivity contribution in [2.75, 3.05) is 32.0 Å². The van der Waals surface area contributed by atoms with Crippen LogP contribution >= 0.6 is 0 Å². The van der Waals surface area contributed by atoms with Crippen LogP contribution in [0, 0.1) is 11.3 Å². The second-order valence-electron chi connectivity index (χ2n) is 6.51. The van der Waals surface area contributed by atoms with Gasteiger partial charge in [-0.3, -0.25) is 0 Å². The van der Waals surface area contributed by atoms with Gasteiger partial charge in [-0.25, -0.2) is 4.68 Å². The molecule has 0 spiro atoms. The number of hydrogen-bond acceptors (Lipinski definition) is 4. The van der Waals surface area contributed by atoms with Gasteiger partial charge in [0.1, 0.15) is 11.9 Å². The van der Waals surface area contributed by atoms with Crippen molar-refractivity contribution in [2.45, 2.75) is 25.2 Å². The molecule has 1 fully saturated rings. The number of nitrogens with one attached hydrogen (secondary N) is 1. The Morgan fingerprint density at radius 2 is 2.04 bits per heavy atom. The molecule has 118 valence electrons. The Balaban J connectivity index is 1.78. The average molecular weight is 307 g/mol. The number of fused-ring (bicyclic) bond motifs is 1. The van der Waals surface area contributed by atoms with E-state index in [1.807, 2.05) is 28.9 Å². The summed E-state index contributed by atoms with van der Waals surface area (Å²) in [5.74, 6) is 1.62. The second-order valence-corrected chi connectivity index (χ2v) is 6.51. The predicted octanol–water partition coefficient (Wildman–Crippen LogP) is 2.52. The molecule has 0 radical (unpaired) electrons.